The van der Waals surface area contributed by atoms with Crippen molar-refractivity contribution in [2.75, 3.05) is 0 Å². The van der Waals surface area contributed by atoms with Gasteiger partial charge in [0, 0.05) is 36.2 Å². The van der Waals surface area contributed by atoms with Gasteiger partial charge in [-0.1, -0.05) is 45.0 Å². The van der Waals surface area contributed by atoms with E-state index in [1.807, 2.05) is 19.3 Å². The highest BCUT2D eigenvalue weighted by Gasteiger charge is 2.25. The summed E-state index contributed by atoms with van der Waals surface area (Å²) in [5.41, 5.74) is 3.62. The van der Waals surface area contributed by atoms with Crippen molar-refractivity contribution in [1.82, 2.24) is 9.97 Å². The molecule has 3 heteroatoms. The fraction of sp³-hybridized carbons (Fsp3) is 0.500. The van der Waals surface area contributed by atoms with Gasteiger partial charge in [0.05, 0.1) is 0 Å². The summed E-state index contributed by atoms with van der Waals surface area (Å²) in [5.74, 6) is 2.58. The Bertz CT molecular complexity index is 696. The molecule has 0 aliphatic heterocycles. The molecule has 0 spiro atoms. The Labute approximate surface area is 150 Å². The molecule has 0 atom stereocenters. The number of hydrogen-bond donors (Lipinski definition) is 0. The highest BCUT2D eigenvalue weighted by Crippen LogP contribution is 2.37. The van der Waals surface area contributed by atoms with Gasteiger partial charge in [0.25, 0.3) is 0 Å². The van der Waals surface area contributed by atoms with Gasteiger partial charge in [-0.15, -0.1) is 0 Å². The molecule has 1 aromatic carbocycles. The SMILES string of the molecule is CCC(=O)C1CCC(c2ccc(-c3cnc(C(C)C)nc3)cc2)CC1. The first kappa shape index (κ1) is 17.8. The summed E-state index contributed by atoms with van der Waals surface area (Å²) in [7, 11) is 0. The van der Waals surface area contributed by atoms with Crippen LogP contribution in [0.5, 0.6) is 0 Å². The minimum atomic E-state index is 0.303. The summed E-state index contributed by atoms with van der Waals surface area (Å²) in [6.45, 7) is 6.18. The molecule has 3 nitrogen and oxygen atoms in total. The second-order valence-electron chi connectivity index (χ2n) is 7.48. The summed E-state index contributed by atoms with van der Waals surface area (Å²) in [6.07, 6.45) is 8.86. The Morgan fingerprint density at radius 1 is 1.00 bits per heavy atom. The molecule has 132 valence electrons. The Morgan fingerprint density at radius 2 is 1.60 bits per heavy atom. The molecule has 0 unspecified atom stereocenters. The van der Waals surface area contributed by atoms with Crippen molar-refractivity contribution in [3.8, 4) is 11.1 Å². The lowest BCUT2D eigenvalue weighted by atomic mass is 9.76. The predicted molar refractivity (Wildman–Crippen MR) is 102 cm³/mol. The lowest BCUT2D eigenvalue weighted by molar-refractivity contribution is -0.123. The fourth-order valence-electron chi connectivity index (χ4n) is 3.77. The van der Waals surface area contributed by atoms with E-state index in [0.717, 1.165) is 42.6 Å². The maximum absolute atomic E-state index is 11.9. The standard InChI is InChI=1S/C22H28N2O/c1-4-21(25)19-11-9-17(10-12-19)16-5-7-18(8-6-16)20-13-23-22(15(2)3)24-14-20/h5-8,13-15,17,19H,4,9-12H2,1-3H3. The predicted octanol–water partition coefficient (Wildman–Crippen LogP) is 5.52. The van der Waals surface area contributed by atoms with Crippen LogP contribution in [0.25, 0.3) is 11.1 Å². The van der Waals surface area contributed by atoms with Crippen LogP contribution in [0.1, 0.15) is 76.1 Å². The van der Waals surface area contributed by atoms with E-state index in [1.54, 1.807) is 0 Å². The van der Waals surface area contributed by atoms with Crippen molar-refractivity contribution in [2.45, 2.75) is 64.7 Å². The zero-order valence-electron chi connectivity index (χ0n) is 15.5. The van der Waals surface area contributed by atoms with E-state index in [9.17, 15) is 4.79 Å². The van der Waals surface area contributed by atoms with E-state index >= 15 is 0 Å². The fourth-order valence-corrected chi connectivity index (χ4v) is 3.77. The van der Waals surface area contributed by atoms with Gasteiger partial charge >= 0.3 is 0 Å². The molecule has 3 rings (SSSR count). The number of nitrogens with zero attached hydrogens (tertiary/aromatic N) is 2. The molecule has 1 aliphatic carbocycles. The molecule has 0 saturated heterocycles. The van der Waals surface area contributed by atoms with Crippen LogP contribution in [-0.2, 0) is 4.79 Å². The highest BCUT2D eigenvalue weighted by molar-refractivity contribution is 5.80. The molecule has 1 heterocycles. The molecule has 1 aromatic heterocycles. The Balaban J connectivity index is 1.65. The summed E-state index contributed by atoms with van der Waals surface area (Å²) < 4.78 is 0. The Morgan fingerprint density at radius 3 is 2.12 bits per heavy atom. The monoisotopic (exact) mass is 336 g/mol. The van der Waals surface area contributed by atoms with Crippen molar-refractivity contribution in [3.05, 3.63) is 48.0 Å². The van der Waals surface area contributed by atoms with E-state index in [4.69, 9.17) is 0 Å². The maximum atomic E-state index is 11.9. The first-order valence-electron chi connectivity index (χ1n) is 9.53. The second-order valence-corrected chi connectivity index (χ2v) is 7.48. The zero-order chi connectivity index (χ0) is 17.8. The number of rotatable bonds is 5. The maximum Gasteiger partial charge on any atom is 0.135 e. The van der Waals surface area contributed by atoms with Gasteiger partial charge in [0.15, 0.2) is 0 Å². The van der Waals surface area contributed by atoms with E-state index < -0.39 is 0 Å². The number of ketones is 1. The average Bonchev–Trinajstić information content (AvgIpc) is 2.67. The van der Waals surface area contributed by atoms with Crippen LogP contribution in [0.15, 0.2) is 36.7 Å². The lowest BCUT2D eigenvalue weighted by Gasteiger charge is -2.28. The van der Waals surface area contributed by atoms with Crippen LogP contribution in [0.2, 0.25) is 0 Å². The van der Waals surface area contributed by atoms with Crippen molar-refractivity contribution >= 4 is 5.78 Å². The third-order valence-electron chi connectivity index (χ3n) is 5.43. The van der Waals surface area contributed by atoms with Gasteiger partial charge in [-0.2, -0.15) is 0 Å². The average molecular weight is 336 g/mol. The van der Waals surface area contributed by atoms with E-state index in [1.165, 1.54) is 5.56 Å². The number of Topliss-reactive ketones (excluding diaryl/α,β-unsaturated/α-hetero) is 1. The first-order chi connectivity index (χ1) is 12.1. The highest BCUT2D eigenvalue weighted by atomic mass is 16.1. The molecule has 0 bridgehead atoms. The number of carbonyl (C=O) groups excluding carboxylic acids is 1. The van der Waals surface area contributed by atoms with Crippen LogP contribution in [0, 0.1) is 5.92 Å². The molecule has 0 N–H and O–H groups in total. The summed E-state index contributed by atoms with van der Waals surface area (Å²) >= 11 is 0. The molecule has 0 amide bonds. The van der Waals surface area contributed by atoms with Crippen molar-refractivity contribution in [1.29, 1.82) is 0 Å². The van der Waals surface area contributed by atoms with Crippen molar-refractivity contribution in [3.63, 3.8) is 0 Å². The normalized spacial score (nSPS) is 20.6. The minimum absolute atomic E-state index is 0.303. The topological polar surface area (TPSA) is 42.9 Å². The Kier molecular flexibility index (Phi) is 5.62. The minimum Gasteiger partial charge on any atom is -0.299 e. The molecular weight excluding hydrogens is 308 g/mol. The van der Waals surface area contributed by atoms with Gasteiger partial charge < -0.3 is 0 Å². The molecular formula is C22H28N2O. The lowest BCUT2D eigenvalue weighted by Crippen LogP contribution is -2.20. The van der Waals surface area contributed by atoms with Crippen LogP contribution >= 0.6 is 0 Å². The Hall–Kier alpha value is -2.03. The van der Waals surface area contributed by atoms with Gasteiger partial charge in [0.1, 0.15) is 11.6 Å². The molecule has 1 aliphatic rings. The number of benzene rings is 1. The van der Waals surface area contributed by atoms with Crippen molar-refractivity contribution < 1.29 is 4.79 Å². The first-order valence-corrected chi connectivity index (χ1v) is 9.53. The molecule has 25 heavy (non-hydrogen) atoms. The molecule has 2 aromatic rings. The van der Waals surface area contributed by atoms with Gasteiger partial charge in [0.2, 0.25) is 0 Å². The smallest absolute Gasteiger partial charge is 0.135 e. The van der Waals surface area contributed by atoms with Crippen LogP contribution in [0.4, 0.5) is 0 Å². The van der Waals surface area contributed by atoms with Gasteiger partial charge in [-0.25, -0.2) is 9.97 Å². The van der Waals surface area contributed by atoms with Crippen LogP contribution in [-0.4, -0.2) is 15.8 Å². The van der Waals surface area contributed by atoms with Crippen molar-refractivity contribution in [2.24, 2.45) is 5.92 Å². The van der Waals surface area contributed by atoms with Crippen LogP contribution < -0.4 is 0 Å². The third-order valence-corrected chi connectivity index (χ3v) is 5.43. The number of carbonyl (C=O) groups is 1. The zero-order valence-corrected chi connectivity index (χ0v) is 15.5. The molecule has 1 fully saturated rings. The number of aromatic nitrogens is 2. The van der Waals surface area contributed by atoms with Crippen LogP contribution in [0.3, 0.4) is 0 Å². The largest absolute Gasteiger partial charge is 0.299 e. The third kappa shape index (κ3) is 4.15. The quantitative estimate of drug-likeness (QED) is 0.722. The van der Waals surface area contributed by atoms with E-state index in [0.29, 0.717) is 30.0 Å². The van der Waals surface area contributed by atoms with Gasteiger partial charge in [-0.3, -0.25) is 4.79 Å². The summed E-state index contributed by atoms with van der Waals surface area (Å²) in [5, 5.41) is 0. The molecule has 1 saturated carbocycles. The van der Waals surface area contributed by atoms with E-state index in [-0.39, 0.29) is 0 Å². The van der Waals surface area contributed by atoms with E-state index in [2.05, 4.69) is 48.1 Å². The summed E-state index contributed by atoms with van der Waals surface area (Å²) in [6, 6.07) is 8.81. The van der Waals surface area contributed by atoms with Gasteiger partial charge in [-0.05, 0) is 42.7 Å². The summed E-state index contributed by atoms with van der Waals surface area (Å²) in [4.78, 5) is 20.8. The molecule has 0 radical (unpaired) electrons. The number of hydrogen-bond acceptors (Lipinski definition) is 3. The second kappa shape index (κ2) is 7.90.